The van der Waals surface area contributed by atoms with Crippen LogP contribution in [0.3, 0.4) is 0 Å². The van der Waals surface area contributed by atoms with Gasteiger partial charge >= 0.3 is 0 Å². The highest BCUT2D eigenvalue weighted by Gasteiger charge is 2.05. The lowest BCUT2D eigenvalue weighted by atomic mass is 10.1. The number of alkyl halides is 1. The molecule has 1 aromatic rings. The molecule has 3 heteroatoms. The van der Waals surface area contributed by atoms with Crippen LogP contribution in [0, 0.1) is 5.92 Å². The van der Waals surface area contributed by atoms with Crippen molar-refractivity contribution in [3.05, 3.63) is 34.7 Å². The van der Waals surface area contributed by atoms with Crippen molar-refractivity contribution in [3.8, 4) is 0 Å². The molecule has 1 atom stereocenters. The van der Waals surface area contributed by atoms with Crippen LogP contribution in [0.15, 0.2) is 29.2 Å². The lowest BCUT2D eigenvalue weighted by Crippen LogP contribution is -2.22. The van der Waals surface area contributed by atoms with E-state index in [9.17, 15) is 4.79 Å². The van der Waals surface area contributed by atoms with E-state index >= 15 is 0 Å². The Labute approximate surface area is 86.7 Å². The Balaban J connectivity index is 2.73. The first-order chi connectivity index (χ1) is 6.27. The van der Waals surface area contributed by atoms with E-state index < -0.39 is 0 Å². The van der Waals surface area contributed by atoms with Crippen LogP contribution in [0.25, 0.3) is 0 Å². The third-order valence-corrected chi connectivity index (χ3v) is 3.07. The lowest BCUT2D eigenvalue weighted by molar-refractivity contribution is 0.469. The Morgan fingerprint density at radius 1 is 1.54 bits per heavy atom. The highest BCUT2D eigenvalue weighted by Crippen LogP contribution is 2.08. The maximum atomic E-state index is 11.3. The van der Waals surface area contributed by atoms with Crippen molar-refractivity contribution in [2.24, 2.45) is 5.92 Å². The summed E-state index contributed by atoms with van der Waals surface area (Å²) in [6.07, 6.45) is 2.93. The number of halogens is 1. The van der Waals surface area contributed by atoms with Gasteiger partial charge in [-0.2, -0.15) is 0 Å². The molecule has 2 nitrogen and oxygen atoms in total. The molecule has 0 aliphatic heterocycles. The number of rotatable bonds is 4. The molecule has 0 N–H and O–H groups in total. The summed E-state index contributed by atoms with van der Waals surface area (Å²) in [5.74, 6) is 0.542. The van der Waals surface area contributed by atoms with Gasteiger partial charge in [-0.15, -0.1) is 0 Å². The first kappa shape index (κ1) is 10.5. The van der Waals surface area contributed by atoms with Crippen LogP contribution in [0.4, 0.5) is 0 Å². The molecule has 0 saturated heterocycles. The number of hydrogen-bond acceptors (Lipinski definition) is 1. The van der Waals surface area contributed by atoms with E-state index in [0.29, 0.717) is 5.92 Å². The second-order valence-corrected chi connectivity index (χ2v) is 3.77. The Bertz CT molecular complexity index is 304. The Morgan fingerprint density at radius 3 is 2.85 bits per heavy atom. The van der Waals surface area contributed by atoms with Crippen molar-refractivity contribution in [2.45, 2.75) is 19.9 Å². The molecule has 72 valence electrons. The van der Waals surface area contributed by atoms with Gasteiger partial charge in [0.15, 0.2) is 0 Å². The summed E-state index contributed by atoms with van der Waals surface area (Å²) in [6.45, 7) is 2.95. The van der Waals surface area contributed by atoms with Gasteiger partial charge in [0.1, 0.15) is 0 Å². The molecule has 13 heavy (non-hydrogen) atoms. The average Bonchev–Trinajstić information content (AvgIpc) is 2.17. The zero-order valence-corrected chi connectivity index (χ0v) is 9.33. The molecule has 1 unspecified atom stereocenters. The van der Waals surface area contributed by atoms with Crippen LogP contribution >= 0.6 is 15.9 Å². The number of nitrogens with zero attached hydrogens (tertiary/aromatic N) is 1. The van der Waals surface area contributed by atoms with Crippen molar-refractivity contribution >= 4 is 15.9 Å². The molecule has 1 heterocycles. The molecule has 0 aliphatic rings. The first-order valence-corrected chi connectivity index (χ1v) is 5.61. The van der Waals surface area contributed by atoms with E-state index in [4.69, 9.17) is 0 Å². The topological polar surface area (TPSA) is 22.0 Å². The van der Waals surface area contributed by atoms with E-state index in [-0.39, 0.29) is 5.56 Å². The fourth-order valence-corrected chi connectivity index (χ4v) is 1.84. The standard InChI is InChI=1S/C10H14BrNO/c1-2-9(7-11)8-12-6-4-3-5-10(12)13/h3-6,9H,2,7-8H2,1H3. The smallest absolute Gasteiger partial charge is 0.250 e. The van der Waals surface area contributed by atoms with Crippen LogP contribution in [-0.4, -0.2) is 9.90 Å². The van der Waals surface area contributed by atoms with Gasteiger partial charge in [-0.05, 0) is 12.0 Å². The molecule has 0 fully saturated rings. The second-order valence-electron chi connectivity index (χ2n) is 3.12. The number of pyridine rings is 1. The SMILES string of the molecule is CCC(CBr)Cn1ccccc1=O. The summed E-state index contributed by atoms with van der Waals surface area (Å²) >= 11 is 3.44. The Hall–Kier alpha value is -0.570. The van der Waals surface area contributed by atoms with Crippen molar-refractivity contribution in [2.75, 3.05) is 5.33 Å². The average molecular weight is 244 g/mol. The first-order valence-electron chi connectivity index (χ1n) is 4.49. The fourth-order valence-electron chi connectivity index (χ4n) is 1.18. The summed E-state index contributed by atoms with van der Waals surface area (Å²) in [6, 6.07) is 5.26. The summed E-state index contributed by atoms with van der Waals surface area (Å²) < 4.78 is 1.76. The van der Waals surface area contributed by atoms with Gasteiger partial charge in [0.25, 0.3) is 5.56 Å². The highest BCUT2D eigenvalue weighted by atomic mass is 79.9. The maximum Gasteiger partial charge on any atom is 0.250 e. The summed E-state index contributed by atoms with van der Waals surface area (Å²) in [5.41, 5.74) is 0.0851. The molecule has 0 saturated carbocycles. The minimum atomic E-state index is 0.0851. The van der Waals surface area contributed by atoms with Crippen LogP contribution in [0.1, 0.15) is 13.3 Å². The van der Waals surface area contributed by atoms with Crippen LogP contribution < -0.4 is 5.56 Å². The lowest BCUT2D eigenvalue weighted by Gasteiger charge is -2.12. The van der Waals surface area contributed by atoms with Crippen molar-refractivity contribution in [1.82, 2.24) is 4.57 Å². The van der Waals surface area contributed by atoms with Gasteiger partial charge < -0.3 is 4.57 Å². The normalized spacial score (nSPS) is 12.8. The predicted octanol–water partition coefficient (Wildman–Crippen LogP) is 2.27. The monoisotopic (exact) mass is 243 g/mol. The molecule has 0 bridgehead atoms. The third-order valence-electron chi connectivity index (χ3n) is 2.15. The summed E-state index contributed by atoms with van der Waals surface area (Å²) in [5, 5.41) is 0.949. The molecule has 0 spiro atoms. The van der Waals surface area contributed by atoms with Gasteiger partial charge in [0.2, 0.25) is 0 Å². The zero-order valence-electron chi connectivity index (χ0n) is 7.74. The third kappa shape index (κ3) is 2.99. The van der Waals surface area contributed by atoms with Gasteiger partial charge in [-0.25, -0.2) is 0 Å². The Morgan fingerprint density at radius 2 is 2.31 bits per heavy atom. The second kappa shape index (κ2) is 5.22. The molecule has 0 radical (unpaired) electrons. The van der Waals surface area contributed by atoms with Gasteiger partial charge in [0.05, 0.1) is 0 Å². The van der Waals surface area contributed by atoms with E-state index in [1.807, 2.05) is 12.3 Å². The Kier molecular flexibility index (Phi) is 4.22. The molecule has 1 aromatic heterocycles. The molecule has 0 aromatic carbocycles. The van der Waals surface area contributed by atoms with Crippen LogP contribution in [0.5, 0.6) is 0 Å². The van der Waals surface area contributed by atoms with Crippen LogP contribution in [0.2, 0.25) is 0 Å². The minimum absolute atomic E-state index is 0.0851. The molecule has 1 rings (SSSR count). The minimum Gasteiger partial charge on any atom is -0.315 e. The molecule has 0 aliphatic carbocycles. The molecular formula is C10H14BrNO. The number of aromatic nitrogens is 1. The van der Waals surface area contributed by atoms with Crippen molar-refractivity contribution in [1.29, 1.82) is 0 Å². The van der Waals surface area contributed by atoms with Gasteiger partial charge in [-0.1, -0.05) is 35.3 Å². The van der Waals surface area contributed by atoms with Crippen LogP contribution in [-0.2, 0) is 6.54 Å². The van der Waals surface area contributed by atoms with Crippen molar-refractivity contribution < 1.29 is 0 Å². The highest BCUT2D eigenvalue weighted by molar-refractivity contribution is 9.09. The van der Waals surface area contributed by atoms with Crippen molar-refractivity contribution in [3.63, 3.8) is 0 Å². The zero-order chi connectivity index (χ0) is 9.68. The van der Waals surface area contributed by atoms with E-state index in [0.717, 1.165) is 18.3 Å². The molecule has 0 amide bonds. The van der Waals surface area contributed by atoms with Gasteiger partial charge in [0, 0.05) is 24.1 Å². The summed E-state index contributed by atoms with van der Waals surface area (Å²) in [4.78, 5) is 11.3. The maximum absolute atomic E-state index is 11.3. The van der Waals surface area contributed by atoms with E-state index in [1.54, 1.807) is 16.7 Å². The molecular weight excluding hydrogens is 230 g/mol. The predicted molar refractivity (Wildman–Crippen MR) is 58.3 cm³/mol. The number of hydrogen-bond donors (Lipinski definition) is 0. The van der Waals surface area contributed by atoms with E-state index in [2.05, 4.69) is 22.9 Å². The van der Waals surface area contributed by atoms with Gasteiger partial charge in [-0.3, -0.25) is 4.79 Å². The quantitative estimate of drug-likeness (QED) is 0.744. The largest absolute Gasteiger partial charge is 0.315 e. The summed E-state index contributed by atoms with van der Waals surface area (Å²) in [7, 11) is 0. The fraction of sp³-hybridized carbons (Fsp3) is 0.500. The van der Waals surface area contributed by atoms with E-state index in [1.165, 1.54) is 0 Å².